The monoisotopic (exact) mass is 366 g/mol. The van der Waals surface area contributed by atoms with E-state index in [1.54, 1.807) is 50.2 Å². The number of anilines is 4. The summed E-state index contributed by atoms with van der Waals surface area (Å²) in [6, 6.07) is 14.8. The highest BCUT2D eigenvalue weighted by molar-refractivity contribution is 5.96. The van der Waals surface area contributed by atoms with Gasteiger partial charge in [0.05, 0.1) is 17.9 Å². The van der Waals surface area contributed by atoms with Gasteiger partial charge in [0.2, 0.25) is 0 Å². The van der Waals surface area contributed by atoms with Crippen molar-refractivity contribution in [2.75, 3.05) is 17.2 Å². The molecule has 7 heteroatoms. The van der Waals surface area contributed by atoms with E-state index >= 15 is 0 Å². The number of hydrogen-bond donors (Lipinski definition) is 2. The Morgan fingerprint density at radius 3 is 2.52 bits per heavy atom. The molecule has 0 atom stereocenters. The molecule has 6 nitrogen and oxygen atoms in total. The molecule has 138 valence electrons. The van der Waals surface area contributed by atoms with Gasteiger partial charge in [-0.2, -0.15) is 0 Å². The fourth-order valence-corrected chi connectivity index (χ4v) is 2.53. The predicted octanol–water partition coefficient (Wildman–Crippen LogP) is 4.59. The van der Waals surface area contributed by atoms with Crippen LogP contribution < -0.4 is 10.6 Å². The number of hydrogen-bond acceptors (Lipinski definition) is 6. The topological polar surface area (TPSA) is 76.1 Å². The van der Waals surface area contributed by atoms with E-state index in [1.165, 1.54) is 12.1 Å². The fraction of sp³-hybridized carbons (Fsp3) is 0.150. The summed E-state index contributed by atoms with van der Waals surface area (Å²) in [7, 11) is 0. The Morgan fingerprint density at radius 2 is 1.78 bits per heavy atom. The molecule has 0 bridgehead atoms. The Morgan fingerprint density at radius 1 is 1.04 bits per heavy atom. The second-order valence-corrected chi connectivity index (χ2v) is 5.71. The highest BCUT2D eigenvalue weighted by Gasteiger charge is 2.13. The number of esters is 1. The zero-order chi connectivity index (χ0) is 19.2. The van der Waals surface area contributed by atoms with Crippen LogP contribution in [0.2, 0.25) is 0 Å². The highest BCUT2D eigenvalue weighted by Crippen LogP contribution is 2.23. The lowest BCUT2D eigenvalue weighted by molar-refractivity contribution is 0.0527. The van der Waals surface area contributed by atoms with Crippen molar-refractivity contribution in [2.45, 2.75) is 13.8 Å². The quantitative estimate of drug-likeness (QED) is 0.622. The van der Waals surface area contributed by atoms with Crippen LogP contribution >= 0.6 is 0 Å². The molecule has 2 aromatic carbocycles. The van der Waals surface area contributed by atoms with E-state index in [1.807, 2.05) is 6.07 Å². The smallest absolute Gasteiger partial charge is 0.340 e. The van der Waals surface area contributed by atoms with Crippen LogP contribution in [0.25, 0.3) is 0 Å². The first kappa shape index (κ1) is 18.3. The Bertz CT molecular complexity index is 962. The summed E-state index contributed by atoms with van der Waals surface area (Å²) in [6.45, 7) is 3.80. The predicted molar refractivity (Wildman–Crippen MR) is 102 cm³/mol. The van der Waals surface area contributed by atoms with Crippen LogP contribution in [0.3, 0.4) is 0 Å². The molecule has 0 saturated heterocycles. The number of nitrogens with zero attached hydrogens (tertiary/aromatic N) is 2. The number of aromatic nitrogens is 2. The molecule has 3 aromatic rings. The van der Waals surface area contributed by atoms with Crippen molar-refractivity contribution in [1.82, 2.24) is 9.97 Å². The van der Waals surface area contributed by atoms with Crippen LogP contribution in [-0.2, 0) is 4.74 Å². The third-order valence-corrected chi connectivity index (χ3v) is 3.62. The van der Waals surface area contributed by atoms with Gasteiger partial charge in [-0.05, 0) is 44.2 Å². The third kappa shape index (κ3) is 4.78. The van der Waals surface area contributed by atoms with Crippen molar-refractivity contribution < 1.29 is 13.9 Å². The van der Waals surface area contributed by atoms with Gasteiger partial charge in [0.15, 0.2) is 0 Å². The summed E-state index contributed by atoms with van der Waals surface area (Å²) in [5, 5.41) is 6.17. The zero-order valence-electron chi connectivity index (χ0n) is 15.0. The minimum Gasteiger partial charge on any atom is -0.462 e. The van der Waals surface area contributed by atoms with Gasteiger partial charge in [0.25, 0.3) is 0 Å². The van der Waals surface area contributed by atoms with Gasteiger partial charge in [-0.3, -0.25) is 0 Å². The second kappa shape index (κ2) is 8.27. The lowest BCUT2D eigenvalue weighted by atomic mass is 10.2. The molecule has 1 aromatic heterocycles. The average molecular weight is 366 g/mol. The summed E-state index contributed by atoms with van der Waals surface area (Å²) in [5.74, 6) is 0.770. The fourth-order valence-electron chi connectivity index (χ4n) is 2.53. The Kier molecular flexibility index (Phi) is 5.61. The molecule has 0 saturated carbocycles. The molecular formula is C20H19FN4O2. The summed E-state index contributed by atoms with van der Waals surface area (Å²) in [4.78, 5) is 20.8. The number of para-hydroxylation sites is 1. The van der Waals surface area contributed by atoms with Gasteiger partial charge in [-0.25, -0.2) is 19.2 Å². The molecule has 0 aliphatic rings. The molecule has 0 amide bonds. The van der Waals surface area contributed by atoms with Gasteiger partial charge >= 0.3 is 5.97 Å². The van der Waals surface area contributed by atoms with Gasteiger partial charge in [0.1, 0.15) is 23.3 Å². The minimum absolute atomic E-state index is 0.293. The molecule has 0 spiro atoms. The molecule has 0 aliphatic carbocycles. The average Bonchev–Trinajstić information content (AvgIpc) is 2.62. The number of carbonyl (C=O) groups is 1. The molecule has 0 unspecified atom stereocenters. The van der Waals surface area contributed by atoms with E-state index in [9.17, 15) is 9.18 Å². The van der Waals surface area contributed by atoms with Crippen molar-refractivity contribution in [3.05, 3.63) is 71.8 Å². The maximum Gasteiger partial charge on any atom is 0.340 e. The molecule has 2 N–H and O–H groups in total. The highest BCUT2D eigenvalue weighted by atomic mass is 19.1. The van der Waals surface area contributed by atoms with Crippen molar-refractivity contribution in [1.29, 1.82) is 0 Å². The van der Waals surface area contributed by atoms with E-state index in [-0.39, 0.29) is 5.82 Å². The SMILES string of the molecule is CCOC(=O)c1ccccc1Nc1cc(Nc2cccc(F)c2)nc(C)n1. The Labute approximate surface area is 156 Å². The molecule has 3 rings (SSSR count). The van der Waals surface area contributed by atoms with E-state index in [0.717, 1.165) is 0 Å². The third-order valence-electron chi connectivity index (χ3n) is 3.62. The first-order valence-electron chi connectivity index (χ1n) is 8.46. The maximum absolute atomic E-state index is 13.4. The van der Waals surface area contributed by atoms with Gasteiger partial charge in [-0.15, -0.1) is 0 Å². The van der Waals surface area contributed by atoms with Crippen LogP contribution in [0.4, 0.5) is 27.4 Å². The molecule has 0 aliphatic heterocycles. The summed E-state index contributed by atoms with van der Waals surface area (Å²) < 4.78 is 18.5. The largest absolute Gasteiger partial charge is 0.462 e. The van der Waals surface area contributed by atoms with Crippen LogP contribution in [-0.4, -0.2) is 22.5 Å². The first-order valence-corrected chi connectivity index (χ1v) is 8.46. The van der Waals surface area contributed by atoms with Crippen LogP contribution in [0.5, 0.6) is 0 Å². The minimum atomic E-state index is -0.413. The van der Waals surface area contributed by atoms with Gasteiger partial charge < -0.3 is 15.4 Å². The van der Waals surface area contributed by atoms with Crippen LogP contribution in [0.15, 0.2) is 54.6 Å². The zero-order valence-corrected chi connectivity index (χ0v) is 15.0. The number of carbonyl (C=O) groups excluding carboxylic acids is 1. The Balaban J connectivity index is 1.86. The van der Waals surface area contributed by atoms with Crippen molar-refractivity contribution in [3.63, 3.8) is 0 Å². The van der Waals surface area contributed by atoms with E-state index in [0.29, 0.717) is 41.0 Å². The molecule has 27 heavy (non-hydrogen) atoms. The Hall–Kier alpha value is -3.48. The lowest BCUT2D eigenvalue weighted by Gasteiger charge is -2.13. The normalized spacial score (nSPS) is 10.3. The molecule has 1 heterocycles. The summed E-state index contributed by atoms with van der Waals surface area (Å²) in [5.41, 5.74) is 1.56. The number of benzene rings is 2. The van der Waals surface area contributed by atoms with Crippen LogP contribution in [0, 0.1) is 12.7 Å². The van der Waals surface area contributed by atoms with Gasteiger partial charge in [-0.1, -0.05) is 18.2 Å². The van der Waals surface area contributed by atoms with E-state index in [4.69, 9.17) is 4.74 Å². The molecular weight excluding hydrogens is 347 g/mol. The summed E-state index contributed by atoms with van der Waals surface area (Å²) in [6.07, 6.45) is 0. The number of ether oxygens (including phenoxy) is 1. The first-order chi connectivity index (χ1) is 13.0. The lowest BCUT2D eigenvalue weighted by Crippen LogP contribution is -2.09. The number of nitrogens with one attached hydrogen (secondary N) is 2. The second-order valence-electron chi connectivity index (χ2n) is 5.71. The van der Waals surface area contributed by atoms with Gasteiger partial charge in [0, 0.05) is 11.8 Å². The number of halogens is 1. The standard InChI is InChI=1S/C20H19FN4O2/c1-3-27-20(26)16-9-4-5-10-17(16)25-19-12-18(22-13(2)23-19)24-15-8-6-7-14(21)11-15/h4-12H,3H2,1-2H3,(H2,22,23,24,25). The van der Waals surface area contributed by atoms with E-state index in [2.05, 4.69) is 20.6 Å². The van der Waals surface area contributed by atoms with Crippen molar-refractivity contribution >= 4 is 29.0 Å². The maximum atomic E-state index is 13.4. The van der Waals surface area contributed by atoms with E-state index < -0.39 is 5.97 Å². The van der Waals surface area contributed by atoms with Crippen molar-refractivity contribution in [2.24, 2.45) is 0 Å². The molecule has 0 fully saturated rings. The summed E-state index contributed by atoms with van der Waals surface area (Å²) >= 11 is 0. The molecule has 0 radical (unpaired) electrons. The van der Waals surface area contributed by atoms with Crippen LogP contribution in [0.1, 0.15) is 23.1 Å². The number of aryl methyl sites for hydroxylation is 1. The number of rotatable bonds is 6. The van der Waals surface area contributed by atoms with Crippen molar-refractivity contribution in [3.8, 4) is 0 Å².